The van der Waals surface area contributed by atoms with Crippen LogP contribution in [0.3, 0.4) is 0 Å². The van der Waals surface area contributed by atoms with Crippen molar-refractivity contribution in [2.75, 3.05) is 12.8 Å². The maximum Gasteiger partial charge on any atom is 0.227 e. The summed E-state index contributed by atoms with van der Waals surface area (Å²) in [5.74, 6) is 0.333. The fourth-order valence-electron chi connectivity index (χ4n) is 4.55. The van der Waals surface area contributed by atoms with E-state index < -0.39 is 12.0 Å². The summed E-state index contributed by atoms with van der Waals surface area (Å²) in [6.07, 6.45) is -0.533. The number of aliphatic hydroxyl groups is 1. The van der Waals surface area contributed by atoms with Crippen molar-refractivity contribution in [2.24, 2.45) is 0 Å². The molecule has 0 saturated heterocycles. The van der Waals surface area contributed by atoms with Crippen molar-refractivity contribution in [1.82, 2.24) is 24.5 Å². The van der Waals surface area contributed by atoms with Crippen molar-refractivity contribution in [3.8, 4) is 28.3 Å². The van der Waals surface area contributed by atoms with Gasteiger partial charge in [0.05, 0.1) is 28.0 Å². The Kier molecular flexibility index (Phi) is 8.98. The summed E-state index contributed by atoms with van der Waals surface area (Å²) in [4.78, 5) is 29.1. The molecule has 0 amide bonds. The van der Waals surface area contributed by atoms with Gasteiger partial charge in [0.2, 0.25) is 11.8 Å². The van der Waals surface area contributed by atoms with E-state index in [9.17, 15) is 13.6 Å². The fraction of sp³-hybridized carbons (Fsp3) is 0.233. The molecule has 0 spiro atoms. The van der Waals surface area contributed by atoms with Crippen LogP contribution in [-0.2, 0) is 13.2 Å². The molecule has 0 fully saturated rings. The SMILES string of the molecule is CCn1c(COc2nc(N)nc(-c3ccc(F)cc3)c2-c2cc(C)nc(C(C)F)c2)nc2cc(C=O)ccc21.CO. The molecule has 212 valence electrons. The number of carbonyl (C=O) groups is 1. The number of carbonyl (C=O) groups excluding carboxylic acids is 1. The van der Waals surface area contributed by atoms with E-state index in [0.29, 0.717) is 51.5 Å². The molecule has 11 heteroatoms. The zero-order valence-electron chi connectivity index (χ0n) is 23.1. The number of pyridine rings is 1. The predicted molar refractivity (Wildman–Crippen MR) is 153 cm³/mol. The maximum atomic E-state index is 14.3. The van der Waals surface area contributed by atoms with E-state index in [2.05, 4.69) is 19.9 Å². The van der Waals surface area contributed by atoms with Gasteiger partial charge in [-0.3, -0.25) is 9.78 Å². The lowest BCUT2D eigenvalue weighted by Gasteiger charge is -2.17. The number of aromatic nitrogens is 5. The van der Waals surface area contributed by atoms with Crippen LogP contribution in [0, 0.1) is 12.7 Å². The third-order valence-corrected chi connectivity index (χ3v) is 6.32. The largest absolute Gasteiger partial charge is 0.469 e. The van der Waals surface area contributed by atoms with Crippen molar-refractivity contribution in [1.29, 1.82) is 0 Å². The molecule has 0 saturated carbocycles. The molecule has 3 N–H and O–H groups in total. The first-order valence-corrected chi connectivity index (χ1v) is 12.9. The second kappa shape index (κ2) is 12.6. The lowest BCUT2D eigenvalue weighted by molar-refractivity contribution is 0.112. The average molecular weight is 561 g/mol. The van der Waals surface area contributed by atoms with Crippen LogP contribution < -0.4 is 10.5 Å². The van der Waals surface area contributed by atoms with Gasteiger partial charge in [0.25, 0.3) is 0 Å². The lowest BCUT2D eigenvalue weighted by Crippen LogP contribution is -2.09. The second-order valence-electron chi connectivity index (χ2n) is 9.08. The Morgan fingerprint density at radius 3 is 2.41 bits per heavy atom. The van der Waals surface area contributed by atoms with E-state index in [1.165, 1.54) is 19.1 Å². The van der Waals surface area contributed by atoms with E-state index in [1.807, 2.05) is 17.6 Å². The maximum absolute atomic E-state index is 14.3. The number of hydrogen-bond donors (Lipinski definition) is 2. The molecule has 1 unspecified atom stereocenters. The molecular formula is C30H30F2N6O3. The van der Waals surface area contributed by atoms with Gasteiger partial charge in [-0.1, -0.05) is 0 Å². The smallest absolute Gasteiger partial charge is 0.227 e. The Morgan fingerprint density at radius 2 is 1.76 bits per heavy atom. The molecule has 3 aromatic heterocycles. The molecule has 1 atom stereocenters. The summed E-state index contributed by atoms with van der Waals surface area (Å²) in [7, 11) is 1.00. The normalized spacial score (nSPS) is 11.6. The number of imidazole rings is 1. The molecular weight excluding hydrogens is 530 g/mol. The van der Waals surface area contributed by atoms with Gasteiger partial charge in [-0.25, -0.2) is 18.7 Å². The number of aryl methyl sites for hydroxylation is 2. The van der Waals surface area contributed by atoms with E-state index in [0.717, 1.165) is 18.9 Å². The minimum atomic E-state index is -1.31. The number of nitrogens with two attached hydrogens (primary N) is 1. The molecule has 2 aromatic carbocycles. The standard InChI is InChI=1S/C29H26F2N6O2.CH4O/c1-4-37-24-10-5-18(14-38)12-23(24)34-25(37)15-39-28-26(20-11-16(2)33-22(13-20)17(3)30)27(35-29(32)36-28)19-6-8-21(31)9-7-19;1-2/h5-14,17H,4,15H2,1-3H3,(H2,32,35,36);2H,1H3. The number of halogens is 2. The van der Waals surface area contributed by atoms with E-state index in [4.69, 9.17) is 15.6 Å². The number of nitrogens with zero attached hydrogens (tertiary/aromatic N) is 5. The summed E-state index contributed by atoms with van der Waals surface area (Å²) in [5, 5.41) is 7.00. The monoisotopic (exact) mass is 560 g/mol. The molecule has 0 aliphatic rings. The van der Waals surface area contributed by atoms with Crippen molar-refractivity contribution in [3.63, 3.8) is 0 Å². The number of benzene rings is 2. The van der Waals surface area contributed by atoms with Gasteiger partial charge in [0.1, 0.15) is 30.7 Å². The van der Waals surface area contributed by atoms with Crippen LogP contribution in [0.5, 0.6) is 5.88 Å². The van der Waals surface area contributed by atoms with Crippen LogP contribution in [0.2, 0.25) is 0 Å². The molecule has 5 aromatic rings. The highest BCUT2D eigenvalue weighted by molar-refractivity contribution is 5.86. The zero-order valence-corrected chi connectivity index (χ0v) is 23.1. The Bertz CT molecular complexity index is 1690. The van der Waals surface area contributed by atoms with Crippen molar-refractivity contribution in [3.05, 3.63) is 83.2 Å². The molecule has 3 heterocycles. The zero-order chi connectivity index (χ0) is 29.7. The highest BCUT2D eigenvalue weighted by Crippen LogP contribution is 2.39. The van der Waals surface area contributed by atoms with E-state index in [1.54, 1.807) is 43.3 Å². The van der Waals surface area contributed by atoms with E-state index >= 15 is 0 Å². The first-order chi connectivity index (χ1) is 19.8. The summed E-state index contributed by atoms with van der Waals surface area (Å²) < 4.78 is 36.3. The Labute approximate surface area is 235 Å². The highest BCUT2D eigenvalue weighted by atomic mass is 19.1. The Morgan fingerprint density at radius 1 is 1.02 bits per heavy atom. The van der Waals surface area contributed by atoms with Crippen LogP contribution >= 0.6 is 0 Å². The third-order valence-electron chi connectivity index (χ3n) is 6.32. The van der Waals surface area contributed by atoms with Crippen LogP contribution in [0.4, 0.5) is 14.7 Å². The molecule has 0 bridgehead atoms. The van der Waals surface area contributed by atoms with Gasteiger partial charge in [0, 0.05) is 30.5 Å². The molecule has 0 radical (unpaired) electrons. The number of rotatable bonds is 8. The minimum Gasteiger partial charge on any atom is -0.469 e. The number of hydrogen-bond acceptors (Lipinski definition) is 8. The summed E-state index contributed by atoms with van der Waals surface area (Å²) in [6.45, 7) is 5.81. The van der Waals surface area contributed by atoms with Crippen LogP contribution in [-0.4, -0.2) is 43.0 Å². The van der Waals surface area contributed by atoms with Crippen LogP contribution in [0.1, 0.15) is 47.6 Å². The van der Waals surface area contributed by atoms with E-state index in [-0.39, 0.29) is 24.1 Å². The molecule has 41 heavy (non-hydrogen) atoms. The second-order valence-corrected chi connectivity index (χ2v) is 9.08. The quantitative estimate of drug-likeness (QED) is 0.234. The molecule has 0 aliphatic heterocycles. The minimum absolute atomic E-state index is 0.0295. The molecule has 9 nitrogen and oxygen atoms in total. The highest BCUT2D eigenvalue weighted by Gasteiger charge is 2.22. The summed E-state index contributed by atoms with van der Waals surface area (Å²) in [6, 6.07) is 14.5. The average Bonchev–Trinajstić information content (AvgIpc) is 3.33. The number of ether oxygens (including phenoxy) is 1. The van der Waals surface area contributed by atoms with Gasteiger partial charge in [0.15, 0.2) is 0 Å². The van der Waals surface area contributed by atoms with Crippen LogP contribution in [0.25, 0.3) is 33.4 Å². The number of aldehydes is 1. The number of nitrogen functional groups attached to an aromatic ring is 1. The number of alkyl halides is 1. The number of fused-ring (bicyclic) bond motifs is 1. The number of anilines is 1. The Hall–Kier alpha value is -4.77. The molecule has 5 rings (SSSR count). The lowest BCUT2D eigenvalue weighted by atomic mass is 9.99. The van der Waals surface area contributed by atoms with Crippen LogP contribution in [0.15, 0.2) is 54.6 Å². The van der Waals surface area contributed by atoms with Gasteiger partial charge >= 0.3 is 0 Å². The molecule has 0 aliphatic carbocycles. The first-order valence-electron chi connectivity index (χ1n) is 12.9. The summed E-state index contributed by atoms with van der Waals surface area (Å²) >= 11 is 0. The predicted octanol–water partition coefficient (Wildman–Crippen LogP) is 5.64. The Balaban J connectivity index is 0.00000189. The first kappa shape index (κ1) is 29.2. The van der Waals surface area contributed by atoms with Crippen molar-refractivity contribution >= 4 is 23.3 Å². The van der Waals surface area contributed by atoms with Crippen molar-refractivity contribution in [2.45, 2.75) is 40.1 Å². The topological polar surface area (TPSA) is 129 Å². The van der Waals surface area contributed by atoms with Crippen molar-refractivity contribution < 1.29 is 23.4 Å². The van der Waals surface area contributed by atoms with Gasteiger partial charge in [-0.15, -0.1) is 0 Å². The van der Waals surface area contributed by atoms with Gasteiger partial charge in [-0.05, 0) is 80.9 Å². The summed E-state index contributed by atoms with van der Waals surface area (Å²) in [5.41, 5.74) is 11.0. The number of aliphatic hydroxyl groups excluding tert-OH is 1. The third kappa shape index (κ3) is 6.20. The van der Waals surface area contributed by atoms with Gasteiger partial charge < -0.3 is 20.1 Å². The fourth-order valence-corrected chi connectivity index (χ4v) is 4.55. The van der Waals surface area contributed by atoms with Gasteiger partial charge in [-0.2, -0.15) is 4.98 Å².